The zero-order valence-electron chi connectivity index (χ0n) is 4.49. The molecule has 1 unspecified atom stereocenters. The van der Waals surface area contributed by atoms with Crippen LogP contribution in [0.25, 0.3) is 0 Å². The molecule has 0 radical (unpaired) electrons. The SMILES string of the molecule is C1=CN2CCC1N=N2. The quantitative estimate of drug-likeness (QED) is 0.455. The molecule has 3 nitrogen and oxygen atoms in total. The van der Waals surface area contributed by atoms with E-state index in [9.17, 15) is 0 Å². The summed E-state index contributed by atoms with van der Waals surface area (Å²) in [5.74, 6) is 0. The van der Waals surface area contributed by atoms with Crippen molar-refractivity contribution in [3.63, 3.8) is 0 Å². The topological polar surface area (TPSA) is 28.0 Å². The third-order valence-corrected chi connectivity index (χ3v) is 1.45. The Bertz CT molecular complexity index is 120. The zero-order valence-corrected chi connectivity index (χ0v) is 4.49. The number of fused-ring (bicyclic) bond motifs is 1. The standard InChI is InChI=1S/C5H7N3/c1-3-8-4-2-5(1)6-7-8/h1,3,5H,2,4H2. The van der Waals surface area contributed by atoms with Crippen LogP contribution in [0.1, 0.15) is 6.42 Å². The Kier molecular flexibility index (Phi) is 0.664. The van der Waals surface area contributed by atoms with E-state index in [1.54, 1.807) is 0 Å². The average Bonchev–Trinajstić information content (AvgIpc) is 1.92. The lowest BCUT2D eigenvalue weighted by atomic mass is 10.1. The summed E-state index contributed by atoms with van der Waals surface area (Å²) < 4.78 is 0. The largest absolute Gasteiger partial charge is 0.255 e. The van der Waals surface area contributed by atoms with Gasteiger partial charge in [0.15, 0.2) is 0 Å². The van der Waals surface area contributed by atoms with Crippen molar-refractivity contribution in [1.29, 1.82) is 0 Å². The highest BCUT2D eigenvalue weighted by molar-refractivity contribution is 4.99. The lowest BCUT2D eigenvalue weighted by molar-refractivity contribution is 0.286. The second kappa shape index (κ2) is 1.31. The van der Waals surface area contributed by atoms with Gasteiger partial charge in [-0.15, -0.1) is 0 Å². The molecule has 3 rings (SSSR count). The minimum atomic E-state index is 0.389. The van der Waals surface area contributed by atoms with Gasteiger partial charge in [-0.3, -0.25) is 5.01 Å². The molecule has 3 heteroatoms. The summed E-state index contributed by atoms with van der Waals surface area (Å²) in [5, 5.41) is 9.69. The molecule has 0 saturated carbocycles. The number of hydrogen-bond donors (Lipinski definition) is 0. The van der Waals surface area contributed by atoms with Crippen LogP contribution in [0.15, 0.2) is 22.6 Å². The molecule has 3 aliphatic heterocycles. The van der Waals surface area contributed by atoms with Crippen molar-refractivity contribution >= 4 is 0 Å². The van der Waals surface area contributed by atoms with Crippen molar-refractivity contribution in [3.05, 3.63) is 12.3 Å². The molecular weight excluding hydrogens is 102 g/mol. The molecule has 0 N–H and O–H groups in total. The summed E-state index contributed by atoms with van der Waals surface area (Å²) in [7, 11) is 0. The van der Waals surface area contributed by atoms with Gasteiger partial charge in [0.05, 0.1) is 6.04 Å². The van der Waals surface area contributed by atoms with Crippen molar-refractivity contribution < 1.29 is 0 Å². The van der Waals surface area contributed by atoms with Gasteiger partial charge in [0.2, 0.25) is 0 Å². The Balaban J connectivity index is 2.31. The molecule has 0 aromatic heterocycles. The summed E-state index contributed by atoms with van der Waals surface area (Å²) in [6.07, 6.45) is 5.21. The Morgan fingerprint density at radius 3 is 2.75 bits per heavy atom. The van der Waals surface area contributed by atoms with Crippen LogP contribution in [-0.2, 0) is 0 Å². The first-order valence-electron chi connectivity index (χ1n) is 2.81. The number of nitrogens with zero attached hydrogens (tertiary/aromatic N) is 3. The molecule has 8 heavy (non-hydrogen) atoms. The van der Waals surface area contributed by atoms with Crippen LogP contribution in [0.3, 0.4) is 0 Å². The molecule has 1 atom stereocenters. The van der Waals surface area contributed by atoms with Crippen LogP contribution in [0, 0.1) is 0 Å². The van der Waals surface area contributed by atoms with E-state index in [2.05, 4.69) is 16.4 Å². The monoisotopic (exact) mass is 109 g/mol. The van der Waals surface area contributed by atoms with E-state index in [1.807, 2.05) is 11.2 Å². The second-order valence-corrected chi connectivity index (χ2v) is 2.07. The molecule has 0 saturated heterocycles. The Hall–Kier alpha value is -0.860. The molecule has 0 spiro atoms. The first kappa shape index (κ1) is 4.06. The molecule has 3 heterocycles. The fourth-order valence-electron chi connectivity index (χ4n) is 0.937. The van der Waals surface area contributed by atoms with Gasteiger partial charge in [0.25, 0.3) is 0 Å². The van der Waals surface area contributed by atoms with E-state index in [4.69, 9.17) is 0 Å². The minimum Gasteiger partial charge on any atom is -0.255 e. The maximum absolute atomic E-state index is 3.96. The first-order valence-corrected chi connectivity index (χ1v) is 2.81. The Morgan fingerprint density at radius 1 is 1.62 bits per heavy atom. The first-order chi connectivity index (χ1) is 3.95. The van der Waals surface area contributed by atoms with Gasteiger partial charge >= 0.3 is 0 Å². The van der Waals surface area contributed by atoms with Gasteiger partial charge < -0.3 is 0 Å². The number of hydrogen-bond acceptors (Lipinski definition) is 3. The van der Waals surface area contributed by atoms with Gasteiger partial charge in [-0.25, -0.2) is 0 Å². The van der Waals surface area contributed by atoms with Crippen LogP contribution in [-0.4, -0.2) is 17.6 Å². The van der Waals surface area contributed by atoms with E-state index in [0.717, 1.165) is 13.0 Å². The third kappa shape index (κ3) is 0.441. The lowest BCUT2D eigenvalue weighted by Crippen LogP contribution is -2.26. The fraction of sp³-hybridized carbons (Fsp3) is 0.600. The summed E-state index contributed by atoms with van der Waals surface area (Å²) >= 11 is 0. The summed E-state index contributed by atoms with van der Waals surface area (Å²) in [6, 6.07) is 0.389. The molecule has 42 valence electrons. The summed E-state index contributed by atoms with van der Waals surface area (Å²) in [6.45, 7) is 1.05. The molecule has 3 aliphatic rings. The highest BCUT2D eigenvalue weighted by atomic mass is 15.6. The van der Waals surface area contributed by atoms with Gasteiger partial charge in [0.1, 0.15) is 0 Å². The van der Waals surface area contributed by atoms with E-state index in [0.29, 0.717) is 6.04 Å². The lowest BCUT2D eigenvalue weighted by Gasteiger charge is -2.25. The molecule has 0 aromatic rings. The van der Waals surface area contributed by atoms with Crippen molar-refractivity contribution in [2.45, 2.75) is 12.5 Å². The van der Waals surface area contributed by atoms with Crippen molar-refractivity contribution in [3.8, 4) is 0 Å². The third-order valence-electron chi connectivity index (χ3n) is 1.45. The maximum Gasteiger partial charge on any atom is 0.0945 e. The van der Waals surface area contributed by atoms with Crippen LogP contribution in [0.2, 0.25) is 0 Å². The average molecular weight is 109 g/mol. The van der Waals surface area contributed by atoms with Gasteiger partial charge in [-0.2, -0.15) is 5.11 Å². The van der Waals surface area contributed by atoms with E-state index in [1.165, 1.54) is 0 Å². The smallest absolute Gasteiger partial charge is 0.0945 e. The van der Waals surface area contributed by atoms with Crippen molar-refractivity contribution in [2.75, 3.05) is 6.54 Å². The van der Waals surface area contributed by atoms with Crippen LogP contribution in [0.4, 0.5) is 0 Å². The summed E-state index contributed by atoms with van der Waals surface area (Å²) in [4.78, 5) is 0. The van der Waals surface area contributed by atoms with Gasteiger partial charge in [-0.1, -0.05) is 5.22 Å². The van der Waals surface area contributed by atoms with E-state index in [-0.39, 0.29) is 0 Å². The minimum absolute atomic E-state index is 0.389. The zero-order chi connectivity index (χ0) is 5.40. The van der Waals surface area contributed by atoms with Crippen molar-refractivity contribution in [2.24, 2.45) is 10.3 Å². The predicted octanol–water partition coefficient (Wildman–Crippen LogP) is 0.955. The van der Waals surface area contributed by atoms with Crippen molar-refractivity contribution in [1.82, 2.24) is 5.01 Å². The molecule has 0 aliphatic carbocycles. The van der Waals surface area contributed by atoms with Gasteiger partial charge in [0, 0.05) is 12.7 Å². The molecular formula is C5H7N3. The van der Waals surface area contributed by atoms with Crippen LogP contribution < -0.4 is 0 Å². The van der Waals surface area contributed by atoms with Gasteiger partial charge in [-0.05, 0) is 12.5 Å². The highest BCUT2D eigenvalue weighted by Gasteiger charge is 2.16. The Labute approximate surface area is 47.7 Å². The predicted molar refractivity (Wildman–Crippen MR) is 29.1 cm³/mol. The highest BCUT2D eigenvalue weighted by Crippen LogP contribution is 2.16. The van der Waals surface area contributed by atoms with E-state index < -0.39 is 0 Å². The van der Waals surface area contributed by atoms with Crippen LogP contribution >= 0.6 is 0 Å². The molecule has 0 fully saturated rings. The molecule has 0 amide bonds. The summed E-state index contributed by atoms with van der Waals surface area (Å²) in [5.41, 5.74) is 0. The maximum atomic E-state index is 3.96. The van der Waals surface area contributed by atoms with E-state index >= 15 is 0 Å². The second-order valence-electron chi connectivity index (χ2n) is 2.07. The molecule has 2 bridgehead atoms. The number of rotatable bonds is 0. The molecule has 0 aromatic carbocycles. The van der Waals surface area contributed by atoms with Crippen LogP contribution in [0.5, 0.6) is 0 Å². The normalized spacial score (nSPS) is 32.0. The Morgan fingerprint density at radius 2 is 2.62 bits per heavy atom. The fourth-order valence-corrected chi connectivity index (χ4v) is 0.937.